The van der Waals surface area contributed by atoms with Crippen LogP contribution < -0.4 is 20.3 Å². The van der Waals surface area contributed by atoms with E-state index in [0.717, 1.165) is 6.54 Å². The van der Waals surface area contributed by atoms with Crippen molar-refractivity contribution in [1.82, 2.24) is 20.8 Å². The maximum absolute atomic E-state index is 13.2. The van der Waals surface area contributed by atoms with Crippen LogP contribution in [0.5, 0.6) is 5.75 Å². The first-order valence-corrected chi connectivity index (χ1v) is 11.5. The van der Waals surface area contributed by atoms with Gasteiger partial charge >= 0.3 is 0 Å². The number of Topliss-reactive ketones (excluding diaryl/α,β-unsaturated/α-hetero) is 1. The summed E-state index contributed by atoms with van der Waals surface area (Å²) in [5, 5.41) is 17.9. The number of nitrogens with zero attached hydrogens (tertiary/aromatic N) is 3. The number of ketones is 1. The summed E-state index contributed by atoms with van der Waals surface area (Å²) in [5.74, 6) is 0.515. The van der Waals surface area contributed by atoms with Gasteiger partial charge in [0.2, 0.25) is 11.7 Å². The van der Waals surface area contributed by atoms with Crippen LogP contribution >= 0.6 is 11.3 Å². The van der Waals surface area contributed by atoms with Crippen molar-refractivity contribution in [1.29, 1.82) is 0 Å². The third-order valence-electron chi connectivity index (χ3n) is 5.90. The van der Waals surface area contributed by atoms with Gasteiger partial charge in [-0.15, -0.1) is 0 Å². The van der Waals surface area contributed by atoms with E-state index in [9.17, 15) is 9.59 Å². The lowest BCUT2D eigenvalue weighted by Gasteiger charge is -2.32. The third-order valence-corrected chi connectivity index (χ3v) is 6.58. The van der Waals surface area contributed by atoms with E-state index in [-0.39, 0.29) is 17.6 Å². The second kappa shape index (κ2) is 8.78. The Bertz CT molecular complexity index is 1080. The highest BCUT2D eigenvalue weighted by molar-refractivity contribution is 7.08. The van der Waals surface area contributed by atoms with Crippen LogP contribution in [0.4, 0.5) is 11.4 Å². The first-order valence-electron chi connectivity index (χ1n) is 10.5. The number of hydrogen-bond donors (Lipinski definition) is 2. The molecule has 1 aromatic carbocycles. The van der Waals surface area contributed by atoms with Crippen molar-refractivity contribution < 1.29 is 14.3 Å². The van der Waals surface area contributed by atoms with Crippen LogP contribution in [0.3, 0.4) is 0 Å². The summed E-state index contributed by atoms with van der Waals surface area (Å²) in [6.45, 7) is 2.51. The molecule has 3 aromatic rings. The lowest BCUT2D eigenvalue weighted by molar-refractivity contribution is -0.123. The number of hydrogen-bond acceptors (Lipinski definition) is 8. The summed E-state index contributed by atoms with van der Waals surface area (Å²) < 4.78 is 6.29. The number of rotatable bonds is 7. The predicted molar refractivity (Wildman–Crippen MR) is 121 cm³/mol. The molecule has 2 aliphatic rings. The number of benzene rings is 1. The molecule has 4 heterocycles. The van der Waals surface area contributed by atoms with Gasteiger partial charge in [-0.2, -0.15) is 21.5 Å². The number of ether oxygens (including phenoxy) is 1. The van der Waals surface area contributed by atoms with Crippen molar-refractivity contribution in [3.05, 3.63) is 65.1 Å². The van der Waals surface area contributed by atoms with Gasteiger partial charge in [0.15, 0.2) is 5.60 Å². The predicted octanol–water partition coefficient (Wildman–Crippen LogP) is 2.42. The van der Waals surface area contributed by atoms with Gasteiger partial charge in [-0.25, -0.2) is 0 Å². The lowest BCUT2D eigenvalue weighted by atomic mass is 9.93. The Labute approximate surface area is 189 Å². The van der Waals surface area contributed by atoms with Gasteiger partial charge in [0.05, 0.1) is 24.0 Å². The van der Waals surface area contributed by atoms with Crippen molar-refractivity contribution in [3.63, 3.8) is 0 Å². The van der Waals surface area contributed by atoms with Gasteiger partial charge in [0.1, 0.15) is 5.75 Å². The molecule has 2 fully saturated rings. The van der Waals surface area contributed by atoms with Crippen molar-refractivity contribution in [2.45, 2.75) is 12.0 Å². The quantitative estimate of drug-likeness (QED) is 0.535. The van der Waals surface area contributed by atoms with Crippen LogP contribution in [0.2, 0.25) is 0 Å². The van der Waals surface area contributed by atoms with E-state index in [4.69, 9.17) is 4.74 Å². The maximum atomic E-state index is 13.2. The number of anilines is 2. The first kappa shape index (κ1) is 20.7. The molecule has 0 bridgehead atoms. The standard InChI is InChI=1S/C23H23N5O3S/c29-21(16-6-10-32-14-16)23(7-9-24-15-23)31-20-3-1-18(2-4-20)28(19-5-8-26-27-13-19)22(30)17-11-25-12-17/h1-6,8,10,13-14,17,24-25H,7,9,11-12,15H2/t23-/m1/s1. The highest BCUT2D eigenvalue weighted by Crippen LogP contribution is 2.32. The second-order valence-corrected chi connectivity index (χ2v) is 8.77. The van der Waals surface area contributed by atoms with Crippen LogP contribution in [0.15, 0.2) is 59.6 Å². The van der Waals surface area contributed by atoms with Gasteiger partial charge in [-0.05, 0) is 48.3 Å². The number of carbonyl (C=O) groups is 2. The molecule has 0 radical (unpaired) electrons. The molecule has 8 nitrogen and oxygen atoms in total. The molecule has 32 heavy (non-hydrogen) atoms. The van der Waals surface area contributed by atoms with Crippen molar-refractivity contribution in [3.8, 4) is 5.75 Å². The molecule has 1 amide bonds. The molecule has 5 rings (SSSR count). The van der Waals surface area contributed by atoms with E-state index in [0.29, 0.717) is 48.7 Å². The first-order chi connectivity index (χ1) is 15.7. The summed E-state index contributed by atoms with van der Waals surface area (Å²) in [4.78, 5) is 27.9. The third kappa shape index (κ3) is 3.90. The second-order valence-electron chi connectivity index (χ2n) is 7.99. The minimum Gasteiger partial charge on any atom is -0.478 e. The number of amides is 1. The molecule has 0 aliphatic carbocycles. The lowest BCUT2D eigenvalue weighted by Crippen LogP contribution is -2.51. The van der Waals surface area contributed by atoms with Gasteiger partial charge in [-0.3, -0.25) is 14.5 Å². The van der Waals surface area contributed by atoms with E-state index in [1.165, 1.54) is 11.3 Å². The van der Waals surface area contributed by atoms with Gasteiger partial charge in [0, 0.05) is 42.7 Å². The monoisotopic (exact) mass is 449 g/mol. The molecular weight excluding hydrogens is 426 g/mol. The van der Waals surface area contributed by atoms with Crippen LogP contribution in [0.1, 0.15) is 16.8 Å². The number of carbonyl (C=O) groups excluding carboxylic acids is 2. The highest BCUT2D eigenvalue weighted by Gasteiger charge is 2.44. The average molecular weight is 450 g/mol. The summed E-state index contributed by atoms with van der Waals surface area (Å²) in [7, 11) is 0. The highest BCUT2D eigenvalue weighted by atomic mass is 32.1. The Morgan fingerprint density at radius 2 is 1.91 bits per heavy atom. The molecule has 0 unspecified atom stereocenters. The maximum Gasteiger partial charge on any atom is 0.237 e. The van der Waals surface area contributed by atoms with Gasteiger partial charge in [-0.1, -0.05) is 0 Å². The zero-order valence-electron chi connectivity index (χ0n) is 17.4. The SMILES string of the molecule is O=C(C1CNC1)N(c1ccc(O[C@]2(C(=O)c3ccsc3)CCNC2)cc1)c1ccnnc1. The molecule has 2 saturated heterocycles. The molecule has 2 aromatic heterocycles. The zero-order valence-corrected chi connectivity index (χ0v) is 18.2. The normalized spacial score (nSPS) is 20.5. The van der Waals surface area contributed by atoms with E-state index in [2.05, 4.69) is 20.8 Å². The van der Waals surface area contributed by atoms with E-state index < -0.39 is 5.60 Å². The zero-order chi connectivity index (χ0) is 22.0. The minimum atomic E-state index is -0.926. The van der Waals surface area contributed by atoms with Crippen LogP contribution in [-0.2, 0) is 4.79 Å². The van der Waals surface area contributed by atoms with E-state index in [1.807, 2.05) is 41.1 Å². The number of thiophene rings is 1. The minimum absolute atomic E-state index is 0.00881. The molecular formula is C23H23N5O3S. The fraction of sp³-hybridized carbons (Fsp3) is 0.304. The van der Waals surface area contributed by atoms with Crippen LogP contribution in [0, 0.1) is 5.92 Å². The van der Waals surface area contributed by atoms with Gasteiger partial charge in [0.25, 0.3) is 0 Å². The Kier molecular flexibility index (Phi) is 5.69. The van der Waals surface area contributed by atoms with E-state index >= 15 is 0 Å². The largest absolute Gasteiger partial charge is 0.478 e. The Hall–Kier alpha value is -3.14. The summed E-state index contributed by atoms with van der Waals surface area (Å²) in [5.41, 5.74) is 1.12. The number of nitrogens with one attached hydrogen (secondary N) is 2. The summed E-state index contributed by atoms with van der Waals surface area (Å²) >= 11 is 1.50. The van der Waals surface area contributed by atoms with Crippen molar-refractivity contribution in [2.75, 3.05) is 31.1 Å². The van der Waals surface area contributed by atoms with Gasteiger partial charge < -0.3 is 15.4 Å². The summed E-state index contributed by atoms with van der Waals surface area (Å²) in [6, 6.07) is 10.9. The summed E-state index contributed by atoms with van der Waals surface area (Å²) in [6.07, 6.45) is 3.75. The molecule has 0 spiro atoms. The Morgan fingerprint density at radius 1 is 1.06 bits per heavy atom. The van der Waals surface area contributed by atoms with Crippen LogP contribution in [-0.4, -0.2) is 53.7 Å². The van der Waals surface area contributed by atoms with Crippen molar-refractivity contribution in [2.24, 2.45) is 5.92 Å². The fourth-order valence-electron chi connectivity index (χ4n) is 4.01. The van der Waals surface area contributed by atoms with Crippen LogP contribution in [0.25, 0.3) is 0 Å². The molecule has 164 valence electrons. The fourth-order valence-corrected chi connectivity index (χ4v) is 4.64. The topological polar surface area (TPSA) is 96.5 Å². The molecule has 9 heteroatoms. The molecule has 0 saturated carbocycles. The smallest absolute Gasteiger partial charge is 0.237 e. The average Bonchev–Trinajstić information content (AvgIpc) is 3.47. The van der Waals surface area contributed by atoms with E-state index in [1.54, 1.807) is 23.4 Å². The Morgan fingerprint density at radius 3 is 2.50 bits per heavy atom. The molecule has 1 atom stereocenters. The van der Waals surface area contributed by atoms with Crippen molar-refractivity contribution >= 4 is 34.4 Å². The molecule has 2 aliphatic heterocycles. The Balaban J connectivity index is 1.41. The molecule has 2 N–H and O–H groups in total. The number of aromatic nitrogens is 2.